The Morgan fingerprint density at radius 2 is 1.88 bits per heavy atom. The molecular weight excluding hydrogens is 250 g/mol. The summed E-state index contributed by atoms with van der Waals surface area (Å²) in [6.45, 7) is 2.05. The van der Waals surface area contributed by atoms with Crippen LogP contribution in [0.1, 0.15) is 11.6 Å². The van der Waals surface area contributed by atoms with E-state index in [2.05, 4.69) is 10.6 Å². The number of methoxy groups -OCH3 is 1. The van der Waals surface area contributed by atoms with E-state index in [1.54, 1.807) is 0 Å². The standard InChI is InChI=1S/C11H14F2N2O.ClH/c1-16-7-4-8(12)11(9(13)5-7)10-6-14-2-3-15-10;/h4-5,10,14-15H,2-3,6H2,1H3;1H/t10-;/m1./s1. The zero-order chi connectivity index (χ0) is 11.5. The third kappa shape index (κ3) is 3.06. The number of halogens is 3. The summed E-state index contributed by atoms with van der Waals surface area (Å²) in [6.07, 6.45) is 0. The highest BCUT2D eigenvalue weighted by atomic mass is 35.5. The Morgan fingerprint density at radius 1 is 1.24 bits per heavy atom. The molecule has 0 saturated carbocycles. The van der Waals surface area contributed by atoms with E-state index in [0.29, 0.717) is 13.1 Å². The second-order valence-corrected chi connectivity index (χ2v) is 3.72. The van der Waals surface area contributed by atoms with Gasteiger partial charge in [-0.05, 0) is 0 Å². The van der Waals surface area contributed by atoms with E-state index in [1.165, 1.54) is 19.2 Å². The molecule has 3 nitrogen and oxygen atoms in total. The summed E-state index contributed by atoms with van der Waals surface area (Å²) in [5.74, 6) is -0.946. The summed E-state index contributed by atoms with van der Waals surface area (Å²) in [6, 6.07) is 2.09. The number of rotatable bonds is 2. The lowest BCUT2D eigenvalue weighted by atomic mass is 10.0. The molecule has 17 heavy (non-hydrogen) atoms. The second kappa shape index (κ2) is 6.14. The van der Waals surface area contributed by atoms with Gasteiger partial charge in [0, 0.05) is 37.3 Å². The van der Waals surface area contributed by atoms with Crippen molar-refractivity contribution in [3.8, 4) is 5.75 Å². The monoisotopic (exact) mass is 264 g/mol. The highest BCUT2D eigenvalue weighted by Gasteiger charge is 2.22. The summed E-state index contributed by atoms with van der Waals surface area (Å²) >= 11 is 0. The van der Waals surface area contributed by atoms with Gasteiger partial charge < -0.3 is 15.4 Å². The predicted molar refractivity (Wildman–Crippen MR) is 63.8 cm³/mol. The molecule has 1 atom stereocenters. The van der Waals surface area contributed by atoms with Gasteiger partial charge in [0.15, 0.2) is 0 Å². The van der Waals surface area contributed by atoms with Gasteiger partial charge in [0.1, 0.15) is 17.4 Å². The van der Waals surface area contributed by atoms with Gasteiger partial charge in [-0.2, -0.15) is 0 Å². The molecule has 1 heterocycles. The van der Waals surface area contributed by atoms with Gasteiger partial charge in [-0.25, -0.2) is 8.78 Å². The normalized spacial score (nSPS) is 19.6. The summed E-state index contributed by atoms with van der Waals surface area (Å²) in [5.41, 5.74) is 0.0769. The molecule has 96 valence electrons. The van der Waals surface area contributed by atoms with Crippen molar-refractivity contribution in [3.05, 3.63) is 29.3 Å². The molecule has 2 N–H and O–H groups in total. The first kappa shape index (κ1) is 14.2. The quantitative estimate of drug-likeness (QED) is 0.852. The molecule has 0 spiro atoms. The lowest BCUT2D eigenvalue weighted by molar-refractivity contribution is 0.385. The molecule has 2 rings (SSSR count). The molecule has 1 fully saturated rings. The summed E-state index contributed by atoms with van der Waals surface area (Å²) in [5, 5.41) is 6.16. The average molecular weight is 265 g/mol. The molecule has 0 radical (unpaired) electrons. The first-order chi connectivity index (χ1) is 7.72. The summed E-state index contributed by atoms with van der Waals surface area (Å²) in [4.78, 5) is 0. The minimum absolute atomic E-state index is 0. The van der Waals surface area contributed by atoms with Gasteiger partial charge in [-0.1, -0.05) is 0 Å². The Labute approximate surface area is 105 Å². The fourth-order valence-electron chi connectivity index (χ4n) is 1.87. The summed E-state index contributed by atoms with van der Waals surface area (Å²) in [7, 11) is 1.38. The van der Waals surface area contributed by atoms with Gasteiger partial charge in [0.05, 0.1) is 13.2 Å². The van der Waals surface area contributed by atoms with Crippen LogP contribution in [0.2, 0.25) is 0 Å². The van der Waals surface area contributed by atoms with Gasteiger partial charge in [-0.3, -0.25) is 0 Å². The Morgan fingerprint density at radius 3 is 2.35 bits per heavy atom. The van der Waals surface area contributed by atoms with Crippen molar-refractivity contribution in [2.24, 2.45) is 0 Å². The molecule has 0 bridgehead atoms. The van der Waals surface area contributed by atoms with E-state index >= 15 is 0 Å². The van der Waals surface area contributed by atoms with Crippen LogP contribution in [0.5, 0.6) is 5.75 Å². The zero-order valence-electron chi connectivity index (χ0n) is 9.43. The lowest BCUT2D eigenvalue weighted by Crippen LogP contribution is -2.43. The molecule has 1 aromatic rings. The fourth-order valence-corrected chi connectivity index (χ4v) is 1.87. The third-order valence-corrected chi connectivity index (χ3v) is 2.68. The molecule has 0 aromatic heterocycles. The topological polar surface area (TPSA) is 33.3 Å². The first-order valence-electron chi connectivity index (χ1n) is 5.19. The minimum atomic E-state index is -0.571. The molecule has 0 aliphatic carbocycles. The summed E-state index contributed by atoms with van der Waals surface area (Å²) < 4.78 is 32.2. The van der Waals surface area contributed by atoms with Crippen molar-refractivity contribution in [2.75, 3.05) is 26.7 Å². The van der Waals surface area contributed by atoms with E-state index in [9.17, 15) is 8.78 Å². The van der Waals surface area contributed by atoms with Crippen LogP contribution in [0.15, 0.2) is 12.1 Å². The number of hydrogen-bond donors (Lipinski definition) is 2. The number of benzene rings is 1. The van der Waals surface area contributed by atoms with Crippen molar-refractivity contribution in [1.82, 2.24) is 10.6 Å². The average Bonchev–Trinajstić information content (AvgIpc) is 2.29. The number of nitrogens with one attached hydrogen (secondary N) is 2. The van der Waals surface area contributed by atoms with Crippen LogP contribution in [-0.2, 0) is 0 Å². The molecule has 1 aliphatic rings. The smallest absolute Gasteiger partial charge is 0.134 e. The van der Waals surface area contributed by atoms with Gasteiger partial charge in [0.2, 0.25) is 0 Å². The Hall–Kier alpha value is -0.910. The Kier molecular flexibility index (Phi) is 5.11. The fraction of sp³-hybridized carbons (Fsp3) is 0.455. The molecule has 6 heteroatoms. The van der Waals surface area contributed by atoms with Gasteiger partial charge in [0.25, 0.3) is 0 Å². The largest absolute Gasteiger partial charge is 0.497 e. The number of ether oxygens (including phenoxy) is 1. The molecule has 0 unspecified atom stereocenters. The van der Waals surface area contributed by atoms with Gasteiger partial charge >= 0.3 is 0 Å². The maximum absolute atomic E-state index is 13.7. The van der Waals surface area contributed by atoms with Crippen LogP contribution in [-0.4, -0.2) is 26.7 Å². The number of hydrogen-bond acceptors (Lipinski definition) is 3. The third-order valence-electron chi connectivity index (χ3n) is 2.68. The Bertz CT molecular complexity index is 361. The first-order valence-corrected chi connectivity index (χ1v) is 5.19. The van der Waals surface area contributed by atoms with Crippen molar-refractivity contribution in [2.45, 2.75) is 6.04 Å². The van der Waals surface area contributed by atoms with E-state index < -0.39 is 11.6 Å². The number of piperazine rings is 1. The highest BCUT2D eigenvalue weighted by molar-refractivity contribution is 5.85. The maximum Gasteiger partial charge on any atom is 0.134 e. The van der Waals surface area contributed by atoms with E-state index in [1.807, 2.05) is 0 Å². The van der Waals surface area contributed by atoms with Crippen molar-refractivity contribution >= 4 is 12.4 Å². The molecule has 1 aromatic carbocycles. The van der Waals surface area contributed by atoms with Crippen LogP contribution >= 0.6 is 12.4 Å². The maximum atomic E-state index is 13.7. The van der Waals surface area contributed by atoms with E-state index in [0.717, 1.165) is 6.54 Å². The lowest BCUT2D eigenvalue weighted by Gasteiger charge is -2.25. The molecular formula is C11H15ClF2N2O. The van der Waals surface area contributed by atoms with Crippen molar-refractivity contribution in [1.29, 1.82) is 0 Å². The van der Waals surface area contributed by atoms with E-state index in [4.69, 9.17) is 4.74 Å². The van der Waals surface area contributed by atoms with E-state index in [-0.39, 0.29) is 29.8 Å². The zero-order valence-corrected chi connectivity index (χ0v) is 10.2. The van der Waals surface area contributed by atoms with Crippen LogP contribution in [0, 0.1) is 11.6 Å². The molecule has 1 saturated heterocycles. The van der Waals surface area contributed by atoms with Crippen LogP contribution < -0.4 is 15.4 Å². The minimum Gasteiger partial charge on any atom is -0.497 e. The SMILES string of the molecule is COc1cc(F)c([C@H]2CNCCN2)c(F)c1.Cl. The highest BCUT2D eigenvalue weighted by Crippen LogP contribution is 2.25. The van der Waals surface area contributed by atoms with Crippen LogP contribution in [0.25, 0.3) is 0 Å². The molecule has 0 amide bonds. The molecule has 1 aliphatic heterocycles. The van der Waals surface area contributed by atoms with Crippen molar-refractivity contribution < 1.29 is 13.5 Å². The predicted octanol–water partition coefficient (Wildman–Crippen LogP) is 1.63. The second-order valence-electron chi connectivity index (χ2n) is 3.72. The van der Waals surface area contributed by atoms with Crippen LogP contribution in [0.4, 0.5) is 8.78 Å². The van der Waals surface area contributed by atoms with Crippen LogP contribution in [0.3, 0.4) is 0 Å². The Balaban J connectivity index is 0.00000144. The van der Waals surface area contributed by atoms with Crippen molar-refractivity contribution in [3.63, 3.8) is 0 Å². The van der Waals surface area contributed by atoms with Gasteiger partial charge in [-0.15, -0.1) is 12.4 Å².